The first-order valence-electron chi connectivity index (χ1n) is 8.93. The maximum atomic E-state index is 12.9. The first kappa shape index (κ1) is 15.6. The lowest BCUT2D eigenvalue weighted by Gasteiger charge is -2.40. The number of hydrogen-bond acceptors (Lipinski definition) is 3. The van der Waals surface area contributed by atoms with Crippen molar-refractivity contribution in [1.29, 1.82) is 0 Å². The highest BCUT2D eigenvalue weighted by Gasteiger charge is 2.51. The number of nitrogens with zero attached hydrogens (tertiary/aromatic N) is 2. The third kappa shape index (κ3) is 2.40. The summed E-state index contributed by atoms with van der Waals surface area (Å²) in [5.41, 5.74) is 4.01. The Morgan fingerprint density at radius 3 is 2.67 bits per heavy atom. The van der Waals surface area contributed by atoms with Crippen LogP contribution in [0.25, 0.3) is 0 Å². The minimum absolute atomic E-state index is 0.0155. The van der Waals surface area contributed by atoms with E-state index in [1.807, 2.05) is 12.1 Å². The van der Waals surface area contributed by atoms with Crippen molar-refractivity contribution in [2.24, 2.45) is 17.3 Å². The molecule has 1 fully saturated rings. The van der Waals surface area contributed by atoms with Gasteiger partial charge in [-0.2, -0.15) is 0 Å². The van der Waals surface area contributed by atoms with Crippen LogP contribution in [-0.2, 0) is 16.1 Å². The molecule has 4 heteroatoms. The van der Waals surface area contributed by atoms with Crippen molar-refractivity contribution in [2.45, 2.75) is 52.5 Å². The molecule has 0 saturated carbocycles. The van der Waals surface area contributed by atoms with Crippen molar-refractivity contribution in [3.63, 3.8) is 0 Å². The van der Waals surface area contributed by atoms with E-state index in [2.05, 4.69) is 18.8 Å². The molecule has 0 unspecified atom stereocenters. The second kappa shape index (κ2) is 5.54. The average molecular weight is 324 g/mol. The smallest absolute Gasteiger partial charge is 0.233 e. The number of carbonyl (C=O) groups is 2. The molecule has 0 spiro atoms. The number of pyridine rings is 1. The van der Waals surface area contributed by atoms with Gasteiger partial charge in [-0.25, -0.2) is 0 Å². The molecule has 0 radical (unpaired) electrons. The van der Waals surface area contributed by atoms with Crippen LogP contribution in [0.2, 0.25) is 0 Å². The van der Waals surface area contributed by atoms with E-state index in [4.69, 9.17) is 0 Å². The van der Waals surface area contributed by atoms with E-state index in [9.17, 15) is 9.59 Å². The Morgan fingerprint density at radius 2 is 1.96 bits per heavy atom. The molecule has 0 N–H and O–H groups in total. The summed E-state index contributed by atoms with van der Waals surface area (Å²) in [6.07, 6.45) is 8.49. The van der Waals surface area contributed by atoms with Crippen LogP contribution in [0.4, 0.5) is 0 Å². The zero-order valence-corrected chi connectivity index (χ0v) is 14.4. The fourth-order valence-electron chi connectivity index (χ4n) is 4.80. The van der Waals surface area contributed by atoms with Crippen LogP contribution >= 0.6 is 0 Å². The summed E-state index contributed by atoms with van der Waals surface area (Å²) < 4.78 is 0. The molecule has 1 saturated heterocycles. The van der Waals surface area contributed by atoms with Gasteiger partial charge in [0, 0.05) is 12.4 Å². The first-order chi connectivity index (χ1) is 11.5. The van der Waals surface area contributed by atoms with Gasteiger partial charge in [0.25, 0.3) is 0 Å². The highest BCUT2D eigenvalue weighted by atomic mass is 16.2. The lowest BCUT2D eigenvalue weighted by atomic mass is 9.63. The molecule has 0 bridgehead atoms. The van der Waals surface area contributed by atoms with Crippen LogP contribution in [0.3, 0.4) is 0 Å². The molecule has 4 rings (SSSR count). The van der Waals surface area contributed by atoms with Gasteiger partial charge < -0.3 is 0 Å². The van der Waals surface area contributed by atoms with Crippen LogP contribution < -0.4 is 0 Å². The molecule has 2 amide bonds. The second-order valence-corrected chi connectivity index (χ2v) is 8.06. The van der Waals surface area contributed by atoms with Gasteiger partial charge in [-0.3, -0.25) is 19.5 Å². The number of hydrogen-bond donors (Lipinski definition) is 0. The number of fused-ring (bicyclic) bond motifs is 1. The van der Waals surface area contributed by atoms with E-state index < -0.39 is 0 Å². The predicted molar refractivity (Wildman–Crippen MR) is 90.7 cm³/mol. The molecule has 1 aromatic heterocycles. The Balaban J connectivity index is 1.60. The number of carbonyl (C=O) groups excluding carboxylic acids is 2. The van der Waals surface area contributed by atoms with Crippen molar-refractivity contribution in [2.75, 3.05) is 0 Å². The van der Waals surface area contributed by atoms with Gasteiger partial charge in [-0.1, -0.05) is 31.1 Å². The van der Waals surface area contributed by atoms with Crippen LogP contribution in [0.1, 0.15) is 51.5 Å². The average Bonchev–Trinajstić information content (AvgIpc) is 2.79. The van der Waals surface area contributed by atoms with E-state index in [0.717, 1.165) is 24.8 Å². The maximum absolute atomic E-state index is 12.9. The van der Waals surface area contributed by atoms with Gasteiger partial charge in [-0.05, 0) is 49.1 Å². The Labute approximate surface area is 143 Å². The van der Waals surface area contributed by atoms with Crippen molar-refractivity contribution < 1.29 is 9.59 Å². The summed E-state index contributed by atoms with van der Waals surface area (Å²) in [7, 11) is 0. The quantitative estimate of drug-likeness (QED) is 0.618. The summed E-state index contributed by atoms with van der Waals surface area (Å²) >= 11 is 0. The summed E-state index contributed by atoms with van der Waals surface area (Å²) in [4.78, 5) is 31.3. The molecule has 3 aliphatic rings. The van der Waals surface area contributed by atoms with Gasteiger partial charge >= 0.3 is 0 Å². The zero-order chi connectivity index (χ0) is 16.9. The normalized spacial score (nSPS) is 28.8. The molecule has 1 aromatic rings. The first-order valence-corrected chi connectivity index (χ1v) is 8.93. The third-order valence-corrected chi connectivity index (χ3v) is 6.13. The van der Waals surface area contributed by atoms with Crippen molar-refractivity contribution in [3.8, 4) is 0 Å². The van der Waals surface area contributed by atoms with Crippen LogP contribution in [0.5, 0.6) is 0 Å². The Morgan fingerprint density at radius 1 is 1.21 bits per heavy atom. The molecule has 2 atom stereocenters. The Kier molecular flexibility index (Phi) is 3.59. The lowest BCUT2D eigenvalue weighted by Crippen LogP contribution is -2.32. The summed E-state index contributed by atoms with van der Waals surface area (Å²) in [5, 5.41) is 0. The fourth-order valence-corrected chi connectivity index (χ4v) is 4.80. The van der Waals surface area contributed by atoms with Crippen LogP contribution in [-0.4, -0.2) is 21.7 Å². The number of rotatable bonds is 2. The molecule has 4 nitrogen and oxygen atoms in total. The van der Waals surface area contributed by atoms with Gasteiger partial charge in [0.05, 0.1) is 18.4 Å². The minimum Gasteiger partial charge on any atom is -0.278 e. The molecule has 0 aromatic carbocycles. The molecule has 2 heterocycles. The SMILES string of the molecule is CC1(C)CCCC2=C1C[C@H]1C(=O)N(Cc3cccnc3)C(=O)[C@@H]1C2. The van der Waals surface area contributed by atoms with Crippen molar-refractivity contribution in [3.05, 3.63) is 41.2 Å². The maximum Gasteiger partial charge on any atom is 0.233 e. The van der Waals surface area contributed by atoms with Crippen LogP contribution in [0, 0.1) is 17.3 Å². The van der Waals surface area contributed by atoms with Gasteiger partial charge in [0.2, 0.25) is 11.8 Å². The van der Waals surface area contributed by atoms with E-state index in [0.29, 0.717) is 6.54 Å². The van der Waals surface area contributed by atoms with Crippen LogP contribution in [0.15, 0.2) is 35.7 Å². The number of aromatic nitrogens is 1. The molecular formula is C20H24N2O2. The standard InChI is InChI=1S/C20H24N2O2/c1-20(2)7-3-6-14-9-15-16(10-17(14)20)19(24)22(18(15)23)12-13-5-4-8-21-11-13/h4-5,8,11,15-16H,3,6-7,9-10,12H2,1-2H3/t15-,16-/m1/s1. The fraction of sp³-hybridized carbons (Fsp3) is 0.550. The summed E-state index contributed by atoms with van der Waals surface area (Å²) in [6.45, 7) is 4.93. The van der Waals surface area contributed by atoms with Crippen molar-refractivity contribution >= 4 is 11.8 Å². The molecular weight excluding hydrogens is 300 g/mol. The zero-order valence-electron chi connectivity index (χ0n) is 14.4. The summed E-state index contributed by atoms with van der Waals surface area (Å²) in [6, 6.07) is 3.76. The second-order valence-electron chi connectivity index (χ2n) is 8.06. The molecule has 2 aliphatic carbocycles. The van der Waals surface area contributed by atoms with Gasteiger partial charge in [0.15, 0.2) is 0 Å². The molecule has 126 valence electrons. The van der Waals surface area contributed by atoms with Gasteiger partial charge in [0.1, 0.15) is 0 Å². The van der Waals surface area contributed by atoms with Gasteiger partial charge in [-0.15, -0.1) is 0 Å². The van der Waals surface area contributed by atoms with E-state index in [1.165, 1.54) is 28.9 Å². The topological polar surface area (TPSA) is 50.3 Å². The molecule has 24 heavy (non-hydrogen) atoms. The van der Waals surface area contributed by atoms with E-state index in [1.54, 1.807) is 12.4 Å². The Hall–Kier alpha value is -1.97. The van der Waals surface area contributed by atoms with E-state index >= 15 is 0 Å². The van der Waals surface area contributed by atoms with Crippen molar-refractivity contribution in [1.82, 2.24) is 9.88 Å². The van der Waals surface area contributed by atoms with E-state index in [-0.39, 0.29) is 29.1 Å². The highest BCUT2D eigenvalue weighted by Crippen LogP contribution is 2.51. The Bertz CT molecular complexity index is 720. The predicted octanol–water partition coefficient (Wildman–Crippen LogP) is 3.48. The number of likely N-dealkylation sites (tertiary alicyclic amines) is 1. The molecule has 1 aliphatic heterocycles. The lowest BCUT2D eigenvalue weighted by molar-refractivity contribution is -0.140. The largest absolute Gasteiger partial charge is 0.278 e. The minimum atomic E-state index is -0.148. The highest BCUT2D eigenvalue weighted by molar-refractivity contribution is 6.05. The monoisotopic (exact) mass is 324 g/mol. The number of imide groups is 1. The summed E-state index contributed by atoms with van der Waals surface area (Å²) in [5.74, 6) is -0.252. The third-order valence-electron chi connectivity index (χ3n) is 6.13. The number of amides is 2. The number of allylic oxidation sites excluding steroid dienone is 2.